The first-order valence-corrected chi connectivity index (χ1v) is 11.2. The number of anilines is 1. The average molecular weight is 432 g/mol. The van der Waals surface area contributed by atoms with E-state index >= 15 is 0 Å². The van der Waals surface area contributed by atoms with Crippen molar-refractivity contribution in [2.24, 2.45) is 0 Å². The second-order valence-corrected chi connectivity index (χ2v) is 9.30. The Labute approximate surface area is 176 Å². The topological polar surface area (TPSA) is 96.0 Å². The number of sulfonamides is 1. The minimum absolute atomic E-state index is 0.00349. The maximum Gasteiger partial charge on any atom is 0.263 e. The molecule has 2 aromatic carbocycles. The third-order valence-electron chi connectivity index (χ3n) is 4.87. The number of benzene rings is 2. The van der Waals surface area contributed by atoms with Crippen LogP contribution >= 0.6 is 0 Å². The Morgan fingerprint density at radius 2 is 1.80 bits per heavy atom. The molecule has 0 spiro atoms. The van der Waals surface area contributed by atoms with E-state index in [1.165, 1.54) is 18.9 Å². The summed E-state index contributed by atoms with van der Waals surface area (Å²) in [5.74, 6) is -0.467. The van der Waals surface area contributed by atoms with E-state index in [-0.39, 0.29) is 24.7 Å². The third-order valence-corrected chi connectivity index (χ3v) is 6.68. The van der Waals surface area contributed by atoms with Crippen molar-refractivity contribution in [1.29, 1.82) is 0 Å². The Morgan fingerprint density at radius 1 is 1.13 bits per heavy atom. The molecule has 0 saturated heterocycles. The fourth-order valence-corrected chi connectivity index (χ4v) is 3.85. The predicted octanol–water partition coefficient (Wildman–Crippen LogP) is 1.38. The van der Waals surface area contributed by atoms with Crippen molar-refractivity contribution in [3.8, 4) is 5.75 Å². The van der Waals surface area contributed by atoms with Crippen LogP contribution in [0.3, 0.4) is 0 Å². The summed E-state index contributed by atoms with van der Waals surface area (Å²) in [7, 11) is -2.13. The van der Waals surface area contributed by atoms with Gasteiger partial charge in [-0.25, -0.2) is 8.42 Å². The summed E-state index contributed by atoms with van der Waals surface area (Å²) in [6.07, 6.45) is -0.902. The lowest BCUT2D eigenvalue weighted by atomic mass is 10.1. The van der Waals surface area contributed by atoms with Crippen LogP contribution in [0.4, 0.5) is 5.69 Å². The van der Waals surface area contributed by atoms with E-state index in [2.05, 4.69) is 5.32 Å². The largest absolute Gasteiger partial charge is 0.477 e. The minimum Gasteiger partial charge on any atom is -0.477 e. The van der Waals surface area contributed by atoms with Gasteiger partial charge in [0.2, 0.25) is 15.9 Å². The number of likely N-dealkylation sites (N-methyl/N-ethyl adjacent to an activating group) is 1. The van der Waals surface area contributed by atoms with Crippen molar-refractivity contribution in [3.63, 3.8) is 0 Å². The maximum absolute atomic E-state index is 12.9. The van der Waals surface area contributed by atoms with Crippen molar-refractivity contribution in [2.45, 2.75) is 19.6 Å². The predicted molar refractivity (Wildman–Crippen MR) is 114 cm³/mol. The number of hydrogen-bond donors (Lipinski definition) is 1. The molecular formula is C21H25N3O5S. The highest BCUT2D eigenvalue weighted by atomic mass is 32.2. The molecule has 2 aromatic rings. The molecule has 0 saturated carbocycles. The summed E-state index contributed by atoms with van der Waals surface area (Å²) >= 11 is 0. The van der Waals surface area contributed by atoms with Gasteiger partial charge in [-0.2, -0.15) is 4.31 Å². The molecule has 160 valence electrons. The second-order valence-electron chi connectivity index (χ2n) is 6.94. The third kappa shape index (κ3) is 4.98. The Balaban J connectivity index is 1.74. The quantitative estimate of drug-likeness (QED) is 0.715. The molecule has 9 heteroatoms. The number of nitrogens with one attached hydrogen (secondary N) is 1. The molecule has 1 atom stereocenters. The van der Waals surface area contributed by atoms with Gasteiger partial charge >= 0.3 is 0 Å². The van der Waals surface area contributed by atoms with Crippen molar-refractivity contribution < 1.29 is 22.7 Å². The summed E-state index contributed by atoms with van der Waals surface area (Å²) in [4.78, 5) is 27.0. The van der Waals surface area contributed by atoms with Crippen LogP contribution < -0.4 is 15.0 Å². The zero-order valence-corrected chi connectivity index (χ0v) is 17.8. The van der Waals surface area contributed by atoms with Crippen LogP contribution in [0, 0.1) is 0 Å². The molecule has 0 aliphatic carbocycles. The van der Waals surface area contributed by atoms with Crippen LogP contribution in [0.1, 0.15) is 12.5 Å². The highest BCUT2D eigenvalue weighted by molar-refractivity contribution is 7.89. The summed E-state index contributed by atoms with van der Waals surface area (Å²) in [5, 5.41) is 2.82. The molecule has 3 rings (SSSR count). The number of ether oxygens (including phenoxy) is 1. The monoisotopic (exact) mass is 431 g/mol. The zero-order valence-electron chi connectivity index (χ0n) is 16.9. The number of fused-ring (bicyclic) bond motifs is 1. The molecule has 30 heavy (non-hydrogen) atoms. The van der Waals surface area contributed by atoms with Gasteiger partial charge in [0.25, 0.3) is 5.91 Å². The van der Waals surface area contributed by atoms with E-state index in [0.717, 1.165) is 9.87 Å². The lowest BCUT2D eigenvalue weighted by Crippen LogP contribution is -2.52. The SMILES string of the molecule is CCS(=O)(=O)N(C)CC(=O)N1C[C@H](C(=O)NCc2ccccc2)Oc2ccccc21. The molecule has 0 unspecified atom stereocenters. The van der Waals surface area contributed by atoms with Crippen LogP contribution in [-0.4, -0.2) is 56.5 Å². The molecule has 0 fully saturated rings. The Hall–Kier alpha value is -2.91. The molecule has 2 amide bonds. The average Bonchev–Trinajstić information content (AvgIpc) is 2.77. The van der Waals surface area contributed by atoms with E-state index in [0.29, 0.717) is 18.0 Å². The Kier molecular flexibility index (Phi) is 6.73. The van der Waals surface area contributed by atoms with Gasteiger partial charge < -0.3 is 15.0 Å². The Morgan fingerprint density at radius 3 is 2.50 bits per heavy atom. The Bertz CT molecular complexity index is 1010. The molecule has 1 aliphatic heterocycles. The number of carbonyl (C=O) groups is 2. The molecule has 0 aromatic heterocycles. The van der Waals surface area contributed by atoms with Crippen molar-refractivity contribution in [3.05, 3.63) is 60.2 Å². The first kappa shape index (κ1) is 21.8. The van der Waals surface area contributed by atoms with E-state index in [1.807, 2.05) is 30.3 Å². The van der Waals surface area contributed by atoms with Crippen molar-refractivity contribution in [1.82, 2.24) is 9.62 Å². The van der Waals surface area contributed by atoms with Gasteiger partial charge in [0.05, 0.1) is 24.5 Å². The maximum atomic E-state index is 12.9. The first-order chi connectivity index (χ1) is 14.3. The molecule has 1 heterocycles. The number of para-hydroxylation sites is 2. The molecule has 1 N–H and O–H groups in total. The van der Waals surface area contributed by atoms with Gasteiger partial charge in [-0.3, -0.25) is 9.59 Å². The second kappa shape index (κ2) is 9.27. The highest BCUT2D eigenvalue weighted by Crippen LogP contribution is 2.33. The molecule has 0 bridgehead atoms. The van der Waals surface area contributed by atoms with Gasteiger partial charge in [0, 0.05) is 13.6 Å². The number of hydrogen-bond acceptors (Lipinski definition) is 5. The number of amides is 2. The zero-order chi connectivity index (χ0) is 21.7. The number of nitrogens with zero attached hydrogens (tertiary/aromatic N) is 2. The van der Waals surface area contributed by atoms with Crippen molar-refractivity contribution >= 4 is 27.5 Å². The molecule has 1 aliphatic rings. The first-order valence-electron chi connectivity index (χ1n) is 9.63. The van der Waals surface area contributed by atoms with E-state index < -0.39 is 22.0 Å². The van der Waals surface area contributed by atoms with Crippen LogP contribution in [0.25, 0.3) is 0 Å². The van der Waals surface area contributed by atoms with Gasteiger partial charge in [-0.1, -0.05) is 42.5 Å². The summed E-state index contributed by atoms with van der Waals surface area (Å²) in [5.41, 5.74) is 1.46. The number of carbonyl (C=O) groups excluding carboxylic acids is 2. The van der Waals surface area contributed by atoms with Gasteiger partial charge in [-0.15, -0.1) is 0 Å². The molecule has 0 radical (unpaired) electrons. The van der Waals surface area contributed by atoms with Gasteiger partial charge in [0.1, 0.15) is 5.75 Å². The van der Waals surface area contributed by atoms with Crippen LogP contribution in [0.15, 0.2) is 54.6 Å². The van der Waals surface area contributed by atoms with E-state index in [1.54, 1.807) is 24.3 Å². The van der Waals surface area contributed by atoms with E-state index in [4.69, 9.17) is 4.74 Å². The van der Waals surface area contributed by atoms with Crippen LogP contribution in [-0.2, 0) is 26.2 Å². The van der Waals surface area contributed by atoms with E-state index in [9.17, 15) is 18.0 Å². The number of rotatable bonds is 7. The van der Waals surface area contributed by atoms with Crippen LogP contribution in [0.5, 0.6) is 5.75 Å². The summed E-state index contributed by atoms with van der Waals surface area (Å²) < 4.78 is 30.9. The summed E-state index contributed by atoms with van der Waals surface area (Å²) in [6.45, 7) is 1.54. The van der Waals surface area contributed by atoms with Gasteiger partial charge in [-0.05, 0) is 24.6 Å². The fourth-order valence-electron chi connectivity index (χ4n) is 3.10. The normalized spacial score (nSPS) is 16.0. The lowest BCUT2D eigenvalue weighted by Gasteiger charge is -2.34. The smallest absolute Gasteiger partial charge is 0.263 e. The standard InChI is InChI=1S/C21H25N3O5S/c1-3-30(27,28)23(2)15-20(25)24-14-19(29-18-12-8-7-11-17(18)24)21(26)22-13-16-9-5-4-6-10-16/h4-12,19H,3,13-15H2,1-2H3,(H,22,26)/t19-/m1/s1. The highest BCUT2D eigenvalue weighted by Gasteiger charge is 2.34. The van der Waals surface area contributed by atoms with Crippen molar-refractivity contribution in [2.75, 3.05) is 30.8 Å². The lowest BCUT2D eigenvalue weighted by molar-refractivity contribution is -0.128. The summed E-state index contributed by atoms with van der Waals surface area (Å²) in [6, 6.07) is 16.4. The van der Waals surface area contributed by atoms with Gasteiger partial charge in [0.15, 0.2) is 6.10 Å². The fraction of sp³-hybridized carbons (Fsp3) is 0.333. The molecule has 8 nitrogen and oxygen atoms in total. The minimum atomic E-state index is -3.50. The molecular weight excluding hydrogens is 406 g/mol. The van der Waals surface area contributed by atoms with Crippen LogP contribution in [0.2, 0.25) is 0 Å².